The van der Waals surface area contributed by atoms with E-state index in [1.807, 2.05) is 13.8 Å². The Morgan fingerprint density at radius 3 is 2.42 bits per heavy atom. The van der Waals surface area contributed by atoms with Gasteiger partial charge in [0.2, 0.25) is 11.8 Å². The molecule has 3 aliphatic heterocycles. The van der Waals surface area contributed by atoms with E-state index in [1.54, 1.807) is 6.07 Å². The number of hydrogen-bond donors (Lipinski definition) is 1. The molecule has 0 radical (unpaired) electrons. The number of hydrogen-bond acceptors (Lipinski definition) is 8. The molecule has 52 heavy (non-hydrogen) atoms. The summed E-state index contributed by atoms with van der Waals surface area (Å²) in [6, 6.07) is 19.7. The third-order valence-corrected chi connectivity index (χ3v) is 11.5. The van der Waals surface area contributed by atoms with Crippen LogP contribution < -0.4 is 15.1 Å². The van der Waals surface area contributed by atoms with Crippen LogP contribution >= 0.6 is 0 Å². The zero-order valence-electron chi connectivity index (χ0n) is 29.7. The van der Waals surface area contributed by atoms with Crippen LogP contribution in [0.3, 0.4) is 0 Å². The van der Waals surface area contributed by atoms with Crippen molar-refractivity contribution in [1.29, 1.82) is 5.26 Å². The van der Waals surface area contributed by atoms with E-state index in [2.05, 4.69) is 75.7 Å². The zero-order valence-corrected chi connectivity index (χ0v) is 29.7. The van der Waals surface area contributed by atoms with Crippen LogP contribution in [0, 0.1) is 43.8 Å². The average Bonchev–Trinajstić information content (AvgIpc) is 3.79. The van der Waals surface area contributed by atoms with Crippen molar-refractivity contribution in [2.75, 3.05) is 29.4 Å². The second-order valence-electron chi connectivity index (χ2n) is 14.8. The highest BCUT2D eigenvalue weighted by Crippen LogP contribution is 2.48. The van der Waals surface area contributed by atoms with Gasteiger partial charge in [0.25, 0.3) is 5.91 Å². The highest BCUT2D eigenvalue weighted by atomic mass is 19.1. The molecule has 3 amide bonds. The van der Waals surface area contributed by atoms with Crippen molar-refractivity contribution in [3.05, 3.63) is 94.1 Å². The van der Waals surface area contributed by atoms with Crippen LogP contribution in [-0.4, -0.2) is 53.5 Å². The fourth-order valence-electron chi connectivity index (χ4n) is 8.28. The quantitative estimate of drug-likeness (QED) is 0.200. The van der Waals surface area contributed by atoms with Gasteiger partial charge in [-0.15, -0.1) is 0 Å². The van der Waals surface area contributed by atoms with Crippen LogP contribution in [0.15, 0.2) is 59.1 Å². The number of rotatable bonds is 8. The van der Waals surface area contributed by atoms with Gasteiger partial charge in [0.1, 0.15) is 17.6 Å². The number of halogens is 1. The molecule has 1 N–H and O–H groups in total. The second kappa shape index (κ2) is 12.9. The van der Waals surface area contributed by atoms with E-state index in [-0.39, 0.29) is 42.2 Å². The van der Waals surface area contributed by atoms with Crippen LogP contribution in [0.25, 0.3) is 11.1 Å². The van der Waals surface area contributed by atoms with Crippen molar-refractivity contribution in [2.45, 2.75) is 77.3 Å². The minimum absolute atomic E-state index is 0.169. The van der Waals surface area contributed by atoms with Gasteiger partial charge in [0.15, 0.2) is 0 Å². The molecule has 3 fully saturated rings. The molecule has 0 spiro atoms. The lowest BCUT2D eigenvalue weighted by molar-refractivity contribution is -0.136. The van der Waals surface area contributed by atoms with Crippen molar-refractivity contribution in [1.82, 2.24) is 15.4 Å². The van der Waals surface area contributed by atoms with Gasteiger partial charge < -0.3 is 19.2 Å². The van der Waals surface area contributed by atoms with Crippen LogP contribution in [0.5, 0.6) is 0 Å². The molecule has 3 aromatic carbocycles. The SMILES string of the molecule is Cc1ccc(-c2c(C)noc2C)cc1N(CC1CCN(c2cc3c(cc2F)C(=O)N(C2CCC(=O)NC2=O)C3)CC1)c1ccc(C2(C#N)CC2)cc1. The number of aryl methyl sites for hydroxylation is 3. The minimum atomic E-state index is -0.742. The van der Waals surface area contributed by atoms with Crippen LogP contribution in [0.1, 0.15) is 77.0 Å². The topological polar surface area (TPSA) is 123 Å². The second-order valence-corrected chi connectivity index (χ2v) is 14.8. The summed E-state index contributed by atoms with van der Waals surface area (Å²) >= 11 is 0. The molecule has 10 nitrogen and oxygen atoms in total. The molecule has 4 aliphatic rings. The van der Waals surface area contributed by atoms with Gasteiger partial charge in [-0.05, 0) is 111 Å². The Hall–Kier alpha value is -5.50. The number of aromatic nitrogens is 1. The normalized spacial score (nSPS) is 19.8. The molecule has 0 bridgehead atoms. The number of carbonyl (C=O) groups excluding carboxylic acids is 3. The van der Waals surface area contributed by atoms with Crippen LogP contribution in [-0.2, 0) is 21.5 Å². The van der Waals surface area contributed by atoms with E-state index in [1.165, 1.54) is 11.0 Å². The number of amides is 3. The molecule has 4 heterocycles. The Balaban J connectivity index is 1.02. The van der Waals surface area contributed by atoms with Gasteiger partial charge in [-0.25, -0.2) is 4.39 Å². The predicted octanol–water partition coefficient (Wildman–Crippen LogP) is 6.78. The predicted molar refractivity (Wildman–Crippen MR) is 194 cm³/mol. The number of nitrogens with zero attached hydrogens (tertiary/aromatic N) is 5. The first kappa shape index (κ1) is 33.6. The molecule has 4 aromatic rings. The summed E-state index contributed by atoms with van der Waals surface area (Å²) in [7, 11) is 0. The van der Waals surface area contributed by atoms with E-state index >= 15 is 4.39 Å². The van der Waals surface area contributed by atoms with E-state index in [9.17, 15) is 19.6 Å². The molecule has 11 heteroatoms. The summed E-state index contributed by atoms with van der Waals surface area (Å²) in [6.07, 6.45) is 3.89. The van der Waals surface area contributed by atoms with Gasteiger partial charge in [-0.1, -0.05) is 29.4 Å². The smallest absolute Gasteiger partial charge is 0.255 e. The van der Waals surface area contributed by atoms with E-state index in [0.29, 0.717) is 30.3 Å². The highest BCUT2D eigenvalue weighted by Gasteiger charge is 2.45. The van der Waals surface area contributed by atoms with Gasteiger partial charge in [-0.2, -0.15) is 5.26 Å². The summed E-state index contributed by atoms with van der Waals surface area (Å²) in [4.78, 5) is 43.3. The molecule has 2 saturated heterocycles. The summed E-state index contributed by atoms with van der Waals surface area (Å²) in [5.74, 6) is -0.566. The molecule has 8 rings (SSSR count). The molecule has 1 saturated carbocycles. The Morgan fingerprint density at radius 1 is 1.02 bits per heavy atom. The zero-order chi connectivity index (χ0) is 36.3. The third kappa shape index (κ3) is 5.90. The van der Waals surface area contributed by atoms with E-state index in [0.717, 1.165) is 77.3 Å². The van der Waals surface area contributed by atoms with E-state index < -0.39 is 17.8 Å². The monoisotopic (exact) mass is 700 g/mol. The number of imide groups is 1. The molecule has 1 aromatic heterocycles. The fourth-order valence-corrected chi connectivity index (χ4v) is 8.28. The Bertz CT molecular complexity index is 2120. The summed E-state index contributed by atoms with van der Waals surface area (Å²) < 4.78 is 21.2. The average molecular weight is 701 g/mol. The van der Waals surface area contributed by atoms with Crippen molar-refractivity contribution in [3.8, 4) is 17.2 Å². The lowest BCUT2D eigenvalue weighted by atomic mass is 9.93. The van der Waals surface area contributed by atoms with Gasteiger partial charge in [0, 0.05) is 55.1 Å². The molecule has 1 aliphatic carbocycles. The maximum Gasteiger partial charge on any atom is 0.255 e. The molecular weight excluding hydrogens is 659 g/mol. The first-order valence-corrected chi connectivity index (χ1v) is 18.1. The minimum Gasteiger partial charge on any atom is -0.369 e. The first-order valence-electron chi connectivity index (χ1n) is 18.1. The number of nitrogens with one attached hydrogen (secondary N) is 1. The number of piperidine rings is 2. The van der Waals surface area contributed by atoms with Gasteiger partial charge >= 0.3 is 0 Å². The maximum absolute atomic E-state index is 15.7. The van der Waals surface area contributed by atoms with E-state index in [4.69, 9.17) is 4.52 Å². The summed E-state index contributed by atoms with van der Waals surface area (Å²) in [6.45, 7) is 8.27. The van der Waals surface area contributed by atoms with Crippen molar-refractivity contribution < 1.29 is 23.3 Å². The van der Waals surface area contributed by atoms with Gasteiger partial charge in [-0.3, -0.25) is 19.7 Å². The number of nitriles is 1. The number of carbonyl (C=O) groups is 3. The highest BCUT2D eigenvalue weighted by molar-refractivity contribution is 6.05. The number of benzene rings is 3. The van der Waals surface area contributed by atoms with Crippen LogP contribution in [0.4, 0.5) is 21.5 Å². The Kier molecular flexibility index (Phi) is 8.36. The summed E-state index contributed by atoms with van der Waals surface area (Å²) in [5, 5.41) is 16.3. The molecule has 266 valence electrons. The molecule has 1 atom stereocenters. The number of fused-ring (bicyclic) bond motifs is 1. The Morgan fingerprint density at radius 2 is 1.77 bits per heavy atom. The first-order chi connectivity index (χ1) is 25.0. The third-order valence-electron chi connectivity index (χ3n) is 11.5. The standard InChI is InChI=1S/C41H41FN6O4/c1-24-4-5-28(38-25(2)45-52-26(38)3)18-35(24)47(31-8-6-30(7-9-31)41(23-43)14-15-41)21-27-12-16-46(17-13-27)36-19-29-22-48(40(51)32(29)20-33(36)42)34-10-11-37(49)44-39(34)50/h4-9,18-20,27,34H,10-17,21-22H2,1-3H3,(H,44,49,50). The van der Waals surface area contributed by atoms with Crippen molar-refractivity contribution in [3.63, 3.8) is 0 Å². The summed E-state index contributed by atoms with van der Waals surface area (Å²) in [5.41, 5.74) is 8.28. The Labute approximate surface area is 302 Å². The lowest BCUT2D eigenvalue weighted by Gasteiger charge is -2.37. The van der Waals surface area contributed by atoms with Gasteiger partial charge in [0.05, 0.1) is 22.9 Å². The molecule has 1 unspecified atom stereocenters. The largest absolute Gasteiger partial charge is 0.369 e. The van der Waals surface area contributed by atoms with Crippen molar-refractivity contribution >= 4 is 34.8 Å². The number of anilines is 3. The maximum atomic E-state index is 15.7. The van der Waals surface area contributed by atoms with Crippen LogP contribution in [0.2, 0.25) is 0 Å². The molecular formula is C41H41FN6O4. The van der Waals surface area contributed by atoms with Crippen molar-refractivity contribution in [2.24, 2.45) is 5.92 Å². The fraction of sp³-hybridized carbons (Fsp3) is 0.390. The lowest BCUT2D eigenvalue weighted by Crippen LogP contribution is -2.52.